The van der Waals surface area contributed by atoms with Crippen LogP contribution in [0, 0.1) is 5.92 Å². The summed E-state index contributed by atoms with van der Waals surface area (Å²) in [6, 6.07) is 6.44. The van der Waals surface area contributed by atoms with Crippen molar-refractivity contribution >= 4 is 5.91 Å². The summed E-state index contributed by atoms with van der Waals surface area (Å²) in [7, 11) is 1.70. The molecule has 3 heteroatoms. The highest BCUT2D eigenvalue weighted by atomic mass is 16.5. The van der Waals surface area contributed by atoms with E-state index in [-0.39, 0.29) is 12.0 Å². The molecule has 0 bridgehead atoms. The van der Waals surface area contributed by atoms with Crippen LogP contribution in [0.5, 0.6) is 5.75 Å². The number of benzene rings is 1. The van der Waals surface area contributed by atoms with Gasteiger partial charge in [-0.3, -0.25) is 4.79 Å². The number of fused-ring (bicyclic) bond motifs is 1. The molecule has 0 saturated heterocycles. The van der Waals surface area contributed by atoms with Gasteiger partial charge in [0.25, 0.3) is 0 Å². The van der Waals surface area contributed by atoms with Crippen molar-refractivity contribution in [3.63, 3.8) is 0 Å². The molecular formula is C18H25NO2. The molecule has 0 N–H and O–H groups in total. The molecule has 2 aliphatic rings. The number of nitrogens with zero attached hydrogens (tertiary/aromatic N) is 1. The minimum atomic E-state index is 0.189. The van der Waals surface area contributed by atoms with Crippen LogP contribution in [-0.4, -0.2) is 24.5 Å². The third-order valence-corrected chi connectivity index (χ3v) is 5.13. The number of carbonyl (C=O) groups excluding carboxylic acids is 1. The molecule has 1 aromatic carbocycles. The van der Waals surface area contributed by atoms with Gasteiger partial charge in [0.05, 0.1) is 13.2 Å². The molecule has 21 heavy (non-hydrogen) atoms. The lowest BCUT2D eigenvalue weighted by Crippen LogP contribution is -2.42. The van der Waals surface area contributed by atoms with Gasteiger partial charge in [-0.2, -0.15) is 0 Å². The summed E-state index contributed by atoms with van der Waals surface area (Å²) in [5.41, 5.74) is 2.61. The maximum absolute atomic E-state index is 12.8. The summed E-state index contributed by atoms with van der Waals surface area (Å²) in [6.07, 6.45) is 6.82. The zero-order chi connectivity index (χ0) is 14.8. The third-order valence-electron chi connectivity index (χ3n) is 5.13. The second-order valence-corrected chi connectivity index (χ2v) is 6.36. The molecule has 1 aliphatic carbocycles. The van der Waals surface area contributed by atoms with Gasteiger partial charge >= 0.3 is 0 Å². The number of methoxy groups -OCH3 is 1. The molecule has 0 radical (unpaired) electrons. The lowest BCUT2D eigenvalue weighted by Gasteiger charge is -2.38. The molecule has 1 unspecified atom stereocenters. The van der Waals surface area contributed by atoms with Gasteiger partial charge in [0.15, 0.2) is 0 Å². The summed E-state index contributed by atoms with van der Waals surface area (Å²) in [5, 5.41) is 0. The van der Waals surface area contributed by atoms with E-state index in [1.54, 1.807) is 7.11 Å². The van der Waals surface area contributed by atoms with Crippen LogP contribution in [0.4, 0.5) is 0 Å². The smallest absolute Gasteiger partial charge is 0.226 e. The number of hydrogen-bond donors (Lipinski definition) is 0. The molecule has 1 amide bonds. The van der Waals surface area contributed by atoms with Crippen LogP contribution < -0.4 is 4.74 Å². The second-order valence-electron chi connectivity index (χ2n) is 6.36. The van der Waals surface area contributed by atoms with E-state index in [4.69, 9.17) is 4.74 Å². The van der Waals surface area contributed by atoms with Crippen LogP contribution in [0.25, 0.3) is 0 Å². The highest BCUT2D eigenvalue weighted by Crippen LogP contribution is 2.34. The van der Waals surface area contributed by atoms with Crippen molar-refractivity contribution in [3.8, 4) is 5.75 Å². The molecule has 1 aromatic rings. The highest BCUT2D eigenvalue weighted by molar-refractivity contribution is 5.79. The predicted molar refractivity (Wildman–Crippen MR) is 83.4 cm³/mol. The highest BCUT2D eigenvalue weighted by Gasteiger charge is 2.32. The molecule has 0 spiro atoms. The minimum Gasteiger partial charge on any atom is -0.497 e. The van der Waals surface area contributed by atoms with Crippen molar-refractivity contribution in [2.45, 2.75) is 51.5 Å². The molecule has 1 aliphatic heterocycles. The van der Waals surface area contributed by atoms with Crippen molar-refractivity contribution in [2.24, 2.45) is 5.92 Å². The average Bonchev–Trinajstić information content (AvgIpc) is 2.55. The Kier molecular flexibility index (Phi) is 4.18. The Morgan fingerprint density at radius 1 is 1.24 bits per heavy atom. The van der Waals surface area contributed by atoms with Crippen LogP contribution >= 0.6 is 0 Å². The van der Waals surface area contributed by atoms with Crippen LogP contribution in [0.2, 0.25) is 0 Å². The first-order valence-corrected chi connectivity index (χ1v) is 8.18. The number of ether oxygens (including phenoxy) is 1. The molecule has 0 aromatic heterocycles. The molecule has 3 rings (SSSR count). The first-order chi connectivity index (χ1) is 10.2. The zero-order valence-corrected chi connectivity index (χ0v) is 13.1. The van der Waals surface area contributed by atoms with Gasteiger partial charge in [-0.05, 0) is 49.4 Å². The predicted octanol–water partition coefficient (Wildman–Crippen LogP) is 3.72. The number of amides is 1. The molecule has 3 nitrogen and oxygen atoms in total. The van der Waals surface area contributed by atoms with Crippen molar-refractivity contribution in [1.29, 1.82) is 0 Å². The quantitative estimate of drug-likeness (QED) is 0.829. The van der Waals surface area contributed by atoms with Crippen molar-refractivity contribution in [1.82, 2.24) is 4.90 Å². The standard InChI is InChI=1S/C18H25NO2/c1-13-17-9-8-16(21-2)12-15(17)10-11-19(13)18(20)14-6-4-3-5-7-14/h8-9,12-14H,3-7,10-11H2,1-2H3. The molecule has 1 heterocycles. The van der Waals surface area contributed by atoms with Crippen molar-refractivity contribution in [2.75, 3.05) is 13.7 Å². The molecule has 1 fully saturated rings. The third kappa shape index (κ3) is 2.78. The van der Waals surface area contributed by atoms with Gasteiger partial charge in [-0.25, -0.2) is 0 Å². The topological polar surface area (TPSA) is 29.5 Å². The van der Waals surface area contributed by atoms with Crippen molar-refractivity contribution in [3.05, 3.63) is 29.3 Å². The number of rotatable bonds is 2. The van der Waals surface area contributed by atoms with Crippen LogP contribution in [0.15, 0.2) is 18.2 Å². The zero-order valence-electron chi connectivity index (χ0n) is 13.1. The van der Waals surface area contributed by atoms with Crippen molar-refractivity contribution < 1.29 is 9.53 Å². The van der Waals surface area contributed by atoms with E-state index in [2.05, 4.69) is 24.0 Å². The van der Waals surface area contributed by atoms with Gasteiger partial charge < -0.3 is 9.64 Å². The van der Waals surface area contributed by atoms with Gasteiger partial charge in [0.2, 0.25) is 5.91 Å². The summed E-state index contributed by atoms with van der Waals surface area (Å²) >= 11 is 0. The van der Waals surface area contributed by atoms with Gasteiger partial charge in [-0.1, -0.05) is 25.3 Å². The van der Waals surface area contributed by atoms with Gasteiger partial charge in [0.1, 0.15) is 5.75 Å². The van der Waals surface area contributed by atoms with Crippen LogP contribution in [0.3, 0.4) is 0 Å². The fraction of sp³-hybridized carbons (Fsp3) is 0.611. The summed E-state index contributed by atoms with van der Waals surface area (Å²) in [4.78, 5) is 14.9. The minimum absolute atomic E-state index is 0.189. The maximum atomic E-state index is 12.8. The van der Waals surface area contributed by atoms with E-state index < -0.39 is 0 Å². The van der Waals surface area contributed by atoms with E-state index in [1.807, 2.05) is 6.07 Å². The normalized spacial score (nSPS) is 22.8. The first kappa shape index (κ1) is 14.4. The maximum Gasteiger partial charge on any atom is 0.226 e. The molecule has 1 atom stereocenters. The van der Waals surface area contributed by atoms with E-state index in [0.29, 0.717) is 5.91 Å². The van der Waals surface area contributed by atoms with Gasteiger partial charge in [-0.15, -0.1) is 0 Å². The number of carbonyl (C=O) groups is 1. The van der Waals surface area contributed by atoms with Gasteiger partial charge in [0, 0.05) is 12.5 Å². The molecule has 114 valence electrons. The Labute approximate surface area is 127 Å². The number of hydrogen-bond acceptors (Lipinski definition) is 2. The first-order valence-electron chi connectivity index (χ1n) is 8.18. The Bertz CT molecular complexity index is 520. The SMILES string of the molecule is COc1ccc2c(c1)CCN(C(=O)C1CCCCC1)C2C. The lowest BCUT2D eigenvalue weighted by molar-refractivity contribution is -0.139. The molecular weight excluding hydrogens is 262 g/mol. The summed E-state index contributed by atoms with van der Waals surface area (Å²) in [6.45, 7) is 3.00. The lowest BCUT2D eigenvalue weighted by atomic mass is 9.86. The average molecular weight is 287 g/mol. The van der Waals surface area contributed by atoms with E-state index in [0.717, 1.165) is 31.6 Å². The second kappa shape index (κ2) is 6.08. The van der Waals surface area contributed by atoms with E-state index in [9.17, 15) is 4.79 Å². The Morgan fingerprint density at radius 2 is 2.00 bits per heavy atom. The summed E-state index contributed by atoms with van der Waals surface area (Å²) < 4.78 is 5.30. The summed E-state index contributed by atoms with van der Waals surface area (Å²) in [5.74, 6) is 1.55. The van der Waals surface area contributed by atoms with Crippen LogP contribution in [0.1, 0.15) is 56.2 Å². The van der Waals surface area contributed by atoms with Crippen LogP contribution in [-0.2, 0) is 11.2 Å². The monoisotopic (exact) mass is 287 g/mol. The largest absolute Gasteiger partial charge is 0.497 e. The Balaban J connectivity index is 1.78. The molecule has 1 saturated carbocycles. The Morgan fingerprint density at radius 3 is 2.71 bits per heavy atom. The van der Waals surface area contributed by atoms with E-state index in [1.165, 1.54) is 30.4 Å². The fourth-order valence-corrected chi connectivity index (χ4v) is 3.82. The van der Waals surface area contributed by atoms with E-state index >= 15 is 0 Å². The Hall–Kier alpha value is -1.51. The fourth-order valence-electron chi connectivity index (χ4n) is 3.82.